The van der Waals surface area contributed by atoms with Gasteiger partial charge in [-0.05, 0) is 31.5 Å². The molecule has 2 aromatic heterocycles. The van der Waals surface area contributed by atoms with Gasteiger partial charge < -0.3 is 5.43 Å². The lowest BCUT2D eigenvalue weighted by Gasteiger charge is -2.24. The Bertz CT molecular complexity index is 483. The van der Waals surface area contributed by atoms with Crippen LogP contribution in [0.5, 0.6) is 0 Å². The van der Waals surface area contributed by atoms with Crippen LogP contribution < -0.4 is 11.3 Å². The molecule has 0 saturated carbocycles. The lowest BCUT2D eigenvalue weighted by molar-refractivity contribution is 0.256. The van der Waals surface area contributed by atoms with E-state index in [9.17, 15) is 0 Å². The summed E-state index contributed by atoms with van der Waals surface area (Å²) in [5.74, 6) is 6.21. The Hall–Kier alpha value is -1.43. The standard InChI is InChI=1S/C13H18N4S/c1-10(12-6-4-8-18-12)17(2)9-11-5-3-7-15-13(11)16-14/h3-8,10H,9,14H2,1-2H3,(H,15,16). The van der Waals surface area contributed by atoms with Gasteiger partial charge in [0.05, 0.1) is 0 Å². The number of nitrogens with one attached hydrogen (secondary N) is 1. The van der Waals surface area contributed by atoms with Crippen molar-refractivity contribution in [3.8, 4) is 0 Å². The highest BCUT2D eigenvalue weighted by atomic mass is 32.1. The van der Waals surface area contributed by atoms with E-state index in [2.05, 4.69) is 46.8 Å². The fourth-order valence-corrected chi connectivity index (χ4v) is 2.70. The quantitative estimate of drug-likeness (QED) is 0.642. The molecule has 0 aliphatic carbocycles. The summed E-state index contributed by atoms with van der Waals surface area (Å²) in [6.45, 7) is 3.02. The third kappa shape index (κ3) is 2.87. The summed E-state index contributed by atoms with van der Waals surface area (Å²) in [6, 6.07) is 8.61. The van der Waals surface area contributed by atoms with E-state index in [0.29, 0.717) is 6.04 Å². The number of hydrazine groups is 1. The molecule has 96 valence electrons. The van der Waals surface area contributed by atoms with Crippen molar-refractivity contribution in [1.82, 2.24) is 9.88 Å². The highest BCUT2D eigenvalue weighted by molar-refractivity contribution is 7.10. The van der Waals surface area contributed by atoms with Gasteiger partial charge in [0.25, 0.3) is 0 Å². The van der Waals surface area contributed by atoms with Crippen LogP contribution in [0.2, 0.25) is 0 Å². The van der Waals surface area contributed by atoms with Gasteiger partial charge >= 0.3 is 0 Å². The molecule has 0 aromatic carbocycles. The molecular formula is C13H18N4S. The van der Waals surface area contributed by atoms with Gasteiger partial charge in [0, 0.05) is 29.2 Å². The highest BCUT2D eigenvalue weighted by Crippen LogP contribution is 2.25. The van der Waals surface area contributed by atoms with Crippen LogP contribution >= 0.6 is 11.3 Å². The van der Waals surface area contributed by atoms with E-state index in [1.165, 1.54) is 4.88 Å². The van der Waals surface area contributed by atoms with E-state index in [1.807, 2.05) is 12.1 Å². The minimum absolute atomic E-state index is 0.385. The van der Waals surface area contributed by atoms with Crippen molar-refractivity contribution in [2.45, 2.75) is 19.5 Å². The van der Waals surface area contributed by atoms with Crippen molar-refractivity contribution < 1.29 is 0 Å². The Labute approximate surface area is 111 Å². The third-order valence-electron chi connectivity index (χ3n) is 3.06. The van der Waals surface area contributed by atoms with Gasteiger partial charge in [0.15, 0.2) is 0 Å². The van der Waals surface area contributed by atoms with E-state index in [1.54, 1.807) is 17.5 Å². The zero-order chi connectivity index (χ0) is 13.0. The first-order valence-electron chi connectivity index (χ1n) is 5.86. The van der Waals surface area contributed by atoms with Gasteiger partial charge in [-0.2, -0.15) is 0 Å². The topological polar surface area (TPSA) is 54.2 Å². The van der Waals surface area contributed by atoms with Crippen LogP contribution in [-0.4, -0.2) is 16.9 Å². The van der Waals surface area contributed by atoms with E-state index in [-0.39, 0.29) is 0 Å². The van der Waals surface area contributed by atoms with E-state index in [0.717, 1.165) is 17.9 Å². The maximum absolute atomic E-state index is 5.47. The first kappa shape index (κ1) is 13.0. The van der Waals surface area contributed by atoms with Crippen LogP contribution in [-0.2, 0) is 6.54 Å². The average Bonchev–Trinajstić information content (AvgIpc) is 2.92. The number of anilines is 1. The van der Waals surface area contributed by atoms with Gasteiger partial charge in [-0.1, -0.05) is 12.1 Å². The molecule has 2 heterocycles. The molecule has 0 amide bonds. The van der Waals surface area contributed by atoms with Gasteiger partial charge in [0.1, 0.15) is 5.82 Å². The Balaban J connectivity index is 2.09. The summed E-state index contributed by atoms with van der Waals surface area (Å²) in [6.07, 6.45) is 1.74. The van der Waals surface area contributed by atoms with Crippen molar-refractivity contribution in [1.29, 1.82) is 0 Å². The predicted octanol–water partition coefficient (Wildman–Crippen LogP) is 2.62. The average molecular weight is 262 g/mol. The number of hydrogen-bond donors (Lipinski definition) is 2. The predicted molar refractivity (Wildman–Crippen MR) is 76.2 cm³/mol. The zero-order valence-corrected chi connectivity index (χ0v) is 11.4. The number of nitrogens with zero attached hydrogens (tertiary/aromatic N) is 2. The summed E-state index contributed by atoms with van der Waals surface area (Å²) in [5.41, 5.74) is 3.74. The number of nitrogen functional groups attached to an aromatic ring is 1. The monoisotopic (exact) mass is 262 g/mol. The van der Waals surface area contributed by atoms with E-state index < -0.39 is 0 Å². The molecular weight excluding hydrogens is 244 g/mol. The molecule has 1 unspecified atom stereocenters. The molecule has 2 rings (SSSR count). The lowest BCUT2D eigenvalue weighted by atomic mass is 10.2. The van der Waals surface area contributed by atoms with Crippen molar-refractivity contribution in [2.75, 3.05) is 12.5 Å². The second kappa shape index (κ2) is 5.95. The number of aromatic nitrogens is 1. The number of thiophene rings is 1. The molecule has 0 bridgehead atoms. The SMILES string of the molecule is CC(c1cccs1)N(C)Cc1cccnc1NN. The Morgan fingerprint density at radius 2 is 2.28 bits per heavy atom. The normalized spacial score (nSPS) is 12.7. The smallest absolute Gasteiger partial charge is 0.144 e. The second-order valence-corrected chi connectivity index (χ2v) is 5.24. The molecule has 0 aliphatic heterocycles. The lowest BCUT2D eigenvalue weighted by Crippen LogP contribution is -2.22. The van der Waals surface area contributed by atoms with E-state index in [4.69, 9.17) is 5.84 Å². The van der Waals surface area contributed by atoms with Crippen LogP contribution in [0.3, 0.4) is 0 Å². The molecule has 5 heteroatoms. The summed E-state index contributed by atoms with van der Waals surface area (Å²) in [7, 11) is 2.11. The van der Waals surface area contributed by atoms with Crippen LogP contribution in [0.4, 0.5) is 5.82 Å². The van der Waals surface area contributed by atoms with Crippen molar-refractivity contribution in [3.05, 3.63) is 46.3 Å². The fourth-order valence-electron chi connectivity index (χ4n) is 1.85. The van der Waals surface area contributed by atoms with Crippen molar-refractivity contribution in [3.63, 3.8) is 0 Å². The van der Waals surface area contributed by atoms with Crippen molar-refractivity contribution >= 4 is 17.2 Å². The van der Waals surface area contributed by atoms with Crippen molar-refractivity contribution in [2.24, 2.45) is 5.84 Å². The fraction of sp³-hybridized carbons (Fsp3) is 0.308. The molecule has 0 radical (unpaired) electrons. The Morgan fingerprint density at radius 1 is 1.44 bits per heavy atom. The van der Waals surface area contributed by atoms with Crippen LogP contribution in [0.15, 0.2) is 35.8 Å². The summed E-state index contributed by atoms with van der Waals surface area (Å²) in [4.78, 5) is 7.86. The van der Waals surface area contributed by atoms with Crippen LogP contribution in [0.25, 0.3) is 0 Å². The van der Waals surface area contributed by atoms with Gasteiger partial charge in [-0.25, -0.2) is 10.8 Å². The number of rotatable bonds is 5. The minimum atomic E-state index is 0.385. The maximum atomic E-state index is 5.47. The molecule has 2 aromatic rings. The maximum Gasteiger partial charge on any atom is 0.144 e. The minimum Gasteiger partial charge on any atom is -0.308 e. The van der Waals surface area contributed by atoms with Gasteiger partial charge in [-0.3, -0.25) is 4.90 Å². The molecule has 0 spiro atoms. The second-order valence-electron chi connectivity index (χ2n) is 4.26. The Kier molecular flexibility index (Phi) is 4.30. The van der Waals surface area contributed by atoms with Crippen LogP contribution in [0, 0.1) is 0 Å². The van der Waals surface area contributed by atoms with Gasteiger partial charge in [0.2, 0.25) is 0 Å². The molecule has 0 fully saturated rings. The molecule has 4 nitrogen and oxygen atoms in total. The number of pyridine rings is 1. The van der Waals surface area contributed by atoms with E-state index >= 15 is 0 Å². The Morgan fingerprint density at radius 3 is 2.94 bits per heavy atom. The highest BCUT2D eigenvalue weighted by Gasteiger charge is 2.14. The zero-order valence-electron chi connectivity index (χ0n) is 10.6. The molecule has 0 aliphatic rings. The molecule has 18 heavy (non-hydrogen) atoms. The molecule has 3 N–H and O–H groups in total. The molecule has 0 saturated heterocycles. The summed E-state index contributed by atoms with van der Waals surface area (Å²) < 4.78 is 0. The van der Waals surface area contributed by atoms with Crippen LogP contribution in [0.1, 0.15) is 23.4 Å². The third-order valence-corrected chi connectivity index (χ3v) is 4.11. The first-order chi connectivity index (χ1) is 8.72. The number of hydrogen-bond acceptors (Lipinski definition) is 5. The summed E-state index contributed by atoms with van der Waals surface area (Å²) >= 11 is 1.78. The van der Waals surface area contributed by atoms with Gasteiger partial charge in [-0.15, -0.1) is 11.3 Å². The summed E-state index contributed by atoms with van der Waals surface area (Å²) in [5, 5.41) is 2.11. The largest absolute Gasteiger partial charge is 0.308 e. The molecule has 1 atom stereocenters. The first-order valence-corrected chi connectivity index (χ1v) is 6.74. The number of nitrogens with two attached hydrogens (primary N) is 1.